The Hall–Kier alpha value is -1.23. The molecule has 2 rings (SSSR count). The molecular weight excluding hydrogens is 178 g/mol. The first-order chi connectivity index (χ1) is 6.90. The van der Waals surface area contributed by atoms with Crippen LogP contribution in [0.4, 0.5) is 0 Å². The van der Waals surface area contributed by atoms with E-state index in [-0.39, 0.29) is 0 Å². The molecule has 1 N–H and O–H groups in total. The van der Waals surface area contributed by atoms with Crippen LogP contribution in [0.25, 0.3) is 5.57 Å². The Morgan fingerprint density at radius 3 is 3.21 bits per heavy atom. The van der Waals surface area contributed by atoms with Gasteiger partial charge in [0.1, 0.15) is 0 Å². The fraction of sp³-hybridized carbons (Fsp3) is 0.667. The van der Waals surface area contributed by atoms with Gasteiger partial charge in [-0.25, -0.2) is 0 Å². The van der Waals surface area contributed by atoms with Gasteiger partial charge < -0.3 is 0 Å². The Balaban J connectivity index is 2.03. The molecule has 14 heavy (non-hydrogen) atoms. The maximum absolute atomic E-state index is 3.99. The molecule has 0 atom stereocenters. The molecule has 1 aromatic heterocycles. The van der Waals surface area contributed by atoms with E-state index in [2.05, 4.69) is 38.5 Å². The van der Waals surface area contributed by atoms with Crippen molar-refractivity contribution >= 4 is 5.57 Å². The van der Waals surface area contributed by atoms with Gasteiger partial charge in [-0.2, -0.15) is 5.21 Å². The quantitative estimate of drug-likeness (QED) is 0.767. The topological polar surface area (TPSA) is 57.7 Å². The van der Waals surface area contributed by atoms with Crippen molar-refractivity contribution < 1.29 is 0 Å². The molecule has 0 fully saturated rings. The zero-order valence-electron chi connectivity index (χ0n) is 8.40. The Kier molecular flexibility index (Phi) is 2.88. The molecule has 1 aliphatic heterocycles. The number of nitrogens with one attached hydrogen (secondary N) is 1. The number of hydrogen-bond acceptors (Lipinski definition) is 4. The van der Waals surface area contributed by atoms with E-state index in [0.717, 1.165) is 31.9 Å². The SMILES string of the molecule is CCCN1CCC=C(c2nn[nH]n2)C1. The molecule has 2 heterocycles. The van der Waals surface area contributed by atoms with Gasteiger partial charge in [-0.05, 0) is 24.6 Å². The van der Waals surface area contributed by atoms with Crippen LogP contribution in [0.1, 0.15) is 25.6 Å². The smallest absolute Gasteiger partial charge is 0.201 e. The molecule has 0 radical (unpaired) electrons. The van der Waals surface area contributed by atoms with Crippen molar-refractivity contribution in [2.45, 2.75) is 19.8 Å². The third kappa shape index (κ3) is 1.98. The van der Waals surface area contributed by atoms with Gasteiger partial charge in [0.05, 0.1) is 0 Å². The first kappa shape index (κ1) is 9.33. The number of aromatic amines is 1. The zero-order chi connectivity index (χ0) is 9.80. The minimum Gasteiger partial charge on any atom is -0.299 e. The van der Waals surface area contributed by atoms with E-state index in [1.165, 1.54) is 12.0 Å². The van der Waals surface area contributed by atoms with Crippen LogP contribution >= 0.6 is 0 Å². The molecule has 0 unspecified atom stereocenters. The Bertz CT molecular complexity index is 303. The van der Waals surface area contributed by atoms with Crippen molar-refractivity contribution in [1.29, 1.82) is 0 Å². The highest BCUT2D eigenvalue weighted by atomic mass is 15.5. The summed E-state index contributed by atoms with van der Waals surface area (Å²) in [7, 11) is 0. The normalized spacial score (nSPS) is 18.2. The van der Waals surface area contributed by atoms with Crippen LogP contribution < -0.4 is 0 Å². The second kappa shape index (κ2) is 4.32. The summed E-state index contributed by atoms with van der Waals surface area (Å²) in [6.45, 7) is 5.45. The third-order valence-corrected chi connectivity index (χ3v) is 2.40. The number of aromatic nitrogens is 4. The van der Waals surface area contributed by atoms with E-state index in [0.29, 0.717) is 0 Å². The summed E-state index contributed by atoms with van der Waals surface area (Å²) in [6, 6.07) is 0. The fourth-order valence-electron chi connectivity index (χ4n) is 1.77. The number of H-pyrrole nitrogens is 1. The van der Waals surface area contributed by atoms with E-state index in [4.69, 9.17) is 0 Å². The Morgan fingerprint density at radius 1 is 1.57 bits per heavy atom. The van der Waals surface area contributed by atoms with Crippen LogP contribution in [-0.4, -0.2) is 45.2 Å². The van der Waals surface area contributed by atoms with E-state index in [9.17, 15) is 0 Å². The summed E-state index contributed by atoms with van der Waals surface area (Å²) in [4.78, 5) is 2.42. The van der Waals surface area contributed by atoms with Gasteiger partial charge in [0.15, 0.2) is 0 Å². The molecule has 0 aliphatic carbocycles. The molecule has 1 aromatic rings. The monoisotopic (exact) mass is 193 g/mol. The molecule has 0 aromatic carbocycles. The molecule has 0 bridgehead atoms. The third-order valence-electron chi connectivity index (χ3n) is 2.40. The summed E-state index contributed by atoms with van der Waals surface area (Å²) in [5, 5.41) is 14.0. The Labute approximate surface area is 83.2 Å². The summed E-state index contributed by atoms with van der Waals surface area (Å²) >= 11 is 0. The molecule has 0 amide bonds. The molecule has 76 valence electrons. The first-order valence-electron chi connectivity index (χ1n) is 5.05. The number of hydrogen-bond donors (Lipinski definition) is 1. The van der Waals surface area contributed by atoms with Gasteiger partial charge in [0.2, 0.25) is 5.82 Å². The molecule has 5 nitrogen and oxygen atoms in total. The van der Waals surface area contributed by atoms with E-state index >= 15 is 0 Å². The van der Waals surface area contributed by atoms with Gasteiger partial charge in [0, 0.05) is 18.7 Å². The minimum absolute atomic E-state index is 0.741. The minimum atomic E-state index is 0.741. The van der Waals surface area contributed by atoms with E-state index in [1.54, 1.807) is 0 Å². The van der Waals surface area contributed by atoms with Gasteiger partial charge >= 0.3 is 0 Å². The number of tetrazole rings is 1. The molecule has 0 saturated carbocycles. The zero-order valence-corrected chi connectivity index (χ0v) is 8.40. The van der Waals surface area contributed by atoms with Crippen molar-refractivity contribution in [3.8, 4) is 0 Å². The lowest BCUT2D eigenvalue weighted by molar-refractivity contribution is 0.304. The lowest BCUT2D eigenvalue weighted by Gasteiger charge is -2.25. The lowest BCUT2D eigenvalue weighted by atomic mass is 10.1. The van der Waals surface area contributed by atoms with E-state index < -0.39 is 0 Å². The first-order valence-corrected chi connectivity index (χ1v) is 5.05. The van der Waals surface area contributed by atoms with Crippen LogP contribution in [0.2, 0.25) is 0 Å². The highest BCUT2D eigenvalue weighted by Gasteiger charge is 2.15. The predicted octanol–water partition coefficient (Wildman–Crippen LogP) is 0.699. The van der Waals surface area contributed by atoms with Crippen LogP contribution in [0.15, 0.2) is 6.08 Å². The van der Waals surface area contributed by atoms with Crippen LogP contribution in [0, 0.1) is 0 Å². The maximum Gasteiger partial charge on any atom is 0.201 e. The number of nitrogens with zero attached hydrogens (tertiary/aromatic N) is 4. The van der Waals surface area contributed by atoms with Crippen LogP contribution in [-0.2, 0) is 0 Å². The van der Waals surface area contributed by atoms with Crippen molar-refractivity contribution in [3.63, 3.8) is 0 Å². The summed E-state index contributed by atoms with van der Waals surface area (Å²) in [5.41, 5.74) is 1.19. The predicted molar refractivity (Wildman–Crippen MR) is 53.5 cm³/mol. The largest absolute Gasteiger partial charge is 0.299 e. The second-order valence-corrected chi connectivity index (χ2v) is 3.53. The molecule has 5 heteroatoms. The molecule has 0 spiro atoms. The lowest BCUT2D eigenvalue weighted by Crippen LogP contribution is -2.30. The van der Waals surface area contributed by atoms with Gasteiger partial charge in [-0.3, -0.25) is 4.90 Å². The van der Waals surface area contributed by atoms with Gasteiger partial charge in [-0.1, -0.05) is 13.0 Å². The second-order valence-electron chi connectivity index (χ2n) is 3.53. The summed E-state index contributed by atoms with van der Waals surface area (Å²) in [6.07, 6.45) is 4.49. The Morgan fingerprint density at radius 2 is 2.50 bits per heavy atom. The molecule has 0 saturated heterocycles. The van der Waals surface area contributed by atoms with Gasteiger partial charge in [-0.15, -0.1) is 10.2 Å². The molecular formula is C9H15N5. The van der Waals surface area contributed by atoms with Crippen molar-refractivity contribution in [2.75, 3.05) is 19.6 Å². The summed E-state index contributed by atoms with van der Waals surface area (Å²) < 4.78 is 0. The van der Waals surface area contributed by atoms with Crippen LogP contribution in [0.3, 0.4) is 0 Å². The summed E-state index contributed by atoms with van der Waals surface area (Å²) in [5.74, 6) is 0.741. The fourth-order valence-corrected chi connectivity index (χ4v) is 1.77. The van der Waals surface area contributed by atoms with Crippen molar-refractivity contribution in [1.82, 2.24) is 25.5 Å². The highest BCUT2D eigenvalue weighted by Crippen LogP contribution is 2.16. The highest BCUT2D eigenvalue weighted by molar-refractivity contribution is 5.61. The molecule has 1 aliphatic rings. The van der Waals surface area contributed by atoms with Crippen LogP contribution in [0.5, 0.6) is 0 Å². The van der Waals surface area contributed by atoms with Crippen molar-refractivity contribution in [2.24, 2.45) is 0 Å². The average molecular weight is 193 g/mol. The van der Waals surface area contributed by atoms with E-state index in [1.807, 2.05) is 0 Å². The number of rotatable bonds is 3. The maximum atomic E-state index is 3.99. The van der Waals surface area contributed by atoms with Crippen molar-refractivity contribution in [3.05, 3.63) is 11.9 Å². The average Bonchev–Trinajstić information content (AvgIpc) is 2.71. The standard InChI is InChI=1S/C9H15N5/c1-2-5-14-6-3-4-8(7-14)9-10-12-13-11-9/h4H,2-3,5-7H2,1H3,(H,10,11,12,13). The van der Waals surface area contributed by atoms with Gasteiger partial charge in [0.25, 0.3) is 0 Å².